The Kier molecular flexibility index (Phi) is 6.60. The Morgan fingerprint density at radius 3 is 2.26 bits per heavy atom. The molecule has 0 atom stereocenters. The molecular weight excluding hydrogens is 371 g/mol. The lowest BCUT2D eigenvalue weighted by atomic mass is 10.0. The van der Waals surface area contributed by atoms with Gasteiger partial charge in [-0.15, -0.1) is 0 Å². The predicted molar refractivity (Wildman–Crippen MR) is 101 cm³/mol. The Hall–Kier alpha value is -1.38. The molecule has 1 aliphatic heterocycles. The fourth-order valence-electron chi connectivity index (χ4n) is 4.12. The van der Waals surface area contributed by atoms with Crippen LogP contribution in [0.25, 0.3) is 0 Å². The zero-order valence-corrected chi connectivity index (χ0v) is 16.9. The monoisotopic (exact) mass is 400 g/mol. The summed E-state index contributed by atoms with van der Waals surface area (Å²) < 4.78 is 52.5. The van der Waals surface area contributed by atoms with Gasteiger partial charge in [-0.1, -0.05) is 12.8 Å². The summed E-state index contributed by atoms with van der Waals surface area (Å²) in [6, 6.07) is 2.03. The molecule has 2 fully saturated rings. The van der Waals surface area contributed by atoms with E-state index in [0.29, 0.717) is 0 Å². The van der Waals surface area contributed by atoms with Gasteiger partial charge in [-0.25, -0.2) is 17.5 Å². The number of rotatable bonds is 7. The summed E-state index contributed by atoms with van der Waals surface area (Å²) in [7, 11) is -1.20. The average molecular weight is 401 g/mol. The van der Waals surface area contributed by atoms with Crippen LogP contribution in [0.15, 0.2) is 17.0 Å². The van der Waals surface area contributed by atoms with Crippen molar-refractivity contribution in [1.29, 1.82) is 0 Å². The van der Waals surface area contributed by atoms with E-state index >= 15 is 0 Å². The van der Waals surface area contributed by atoms with Crippen LogP contribution in [0.3, 0.4) is 0 Å². The van der Waals surface area contributed by atoms with Crippen molar-refractivity contribution in [1.82, 2.24) is 9.62 Å². The molecule has 8 heteroatoms. The first-order valence-electron chi connectivity index (χ1n) is 9.59. The Morgan fingerprint density at radius 2 is 1.67 bits per heavy atom. The number of benzene rings is 1. The molecule has 0 unspecified atom stereocenters. The highest BCUT2D eigenvalue weighted by Gasteiger charge is 2.29. The zero-order valence-electron chi connectivity index (χ0n) is 16.0. The summed E-state index contributed by atoms with van der Waals surface area (Å²) >= 11 is 0. The Morgan fingerprint density at radius 1 is 1.07 bits per heavy atom. The van der Waals surface area contributed by atoms with Gasteiger partial charge < -0.3 is 14.4 Å². The molecule has 152 valence electrons. The van der Waals surface area contributed by atoms with Crippen LogP contribution in [-0.4, -0.2) is 53.2 Å². The smallest absolute Gasteiger partial charge is 0.243 e. The number of methoxy groups -OCH3 is 2. The van der Waals surface area contributed by atoms with E-state index in [4.69, 9.17) is 9.47 Å². The Bertz CT molecular complexity index is 742. The minimum absolute atomic E-state index is 0.161. The third-order valence-corrected chi connectivity index (χ3v) is 7.16. The number of nitrogens with one attached hydrogen (secondary N) is 1. The quantitative estimate of drug-likeness (QED) is 0.762. The SMILES string of the molecule is COc1cc(F)c(S(=O)(=O)NC2CCN(CC3CCCC3)CC2)cc1OC. The second kappa shape index (κ2) is 8.75. The minimum Gasteiger partial charge on any atom is -0.493 e. The van der Waals surface area contributed by atoms with E-state index in [-0.39, 0.29) is 17.5 Å². The number of likely N-dealkylation sites (tertiary alicyclic amines) is 1. The number of hydrogen-bond acceptors (Lipinski definition) is 5. The second-order valence-electron chi connectivity index (χ2n) is 7.48. The molecule has 0 bridgehead atoms. The minimum atomic E-state index is -3.97. The highest BCUT2D eigenvalue weighted by molar-refractivity contribution is 7.89. The van der Waals surface area contributed by atoms with E-state index < -0.39 is 20.7 Å². The zero-order chi connectivity index (χ0) is 19.4. The van der Waals surface area contributed by atoms with Crippen molar-refractivity contribution in [3.8, 4) is 11.5 Å². The summed E-state index contributed by atoms with van der Waals surface area (Å²) in [6.07, 6.45) is 6.76. The molecule has 0 amide bonds. The lowest BCUT2D eigenvalue weighted by Crippen LogP contribution is -2.45. The van der Waals surface area contributed by atoms with Crippen molar-refractivity contribution in [2.45, 2.75) is 49.5 Å². The topological polar surface area (TPSA) is 67.9 Å². The van der Waals surface area contributed by atoms with Crippen LogP contribution in [0, 0.1) is 11.7 Å². The van der Waals surface area contributed by atoms with E-state index in [2.05, 4.69) is 9.62 Å². The number of sulfonamides is 1. The van der Waals surface area contributed by atoms with E-state index in [9.17, 15) is 12.8 Å². The molecule has 1 saturated carbocycles. The molecule has 2 aliphatic rings. The highest BCUT2D eigenvalue weighted by Crippen LogP contribution is 2.32. The van der Waals surface area contributed by atoms with Gasteiger partial charge in [0.1, 0.15) is 10.7 Å². The molecule has 1 saturated heterocycles. The normalized spacial score (nSPS) is 20.1. The number of nitrogens with zero attached hydrogens (tertiary/aromatic N) is 1. The summed E-state index contributed by atoms with van der Waals surface area (Å²) in [5.41, 5.74) is 0. The number of ether oxygens (including phenoxy) is 2. The molecule has 6 nitrogen and oxygen atoms in total. The van der Waals surface area contributed by atoms with Crippen LogP contribution in [0.2, 0.25) is 0 Å². The molecule has 27 heavy (non-hydrogen) atoms. The number of halogens is 1. The van der Waals surface area contributed by atoms with E-state index in [1.807, 2.05) is 0 Å². The number of hydrogen-bond donors (Lipinski definition) is 1. The maximum Gasteiger partial charge on any atom is 0.243 e. The van der Waals surface area contributed by atoms with Crippen LogP contribution in [0.1, 0.15) is 38.5 Å². The Balaban J connectivity index is 1.62. The third kappa shape index (κ3) is 4.92. The molecule has 0 radical (unpaired) electrons. The molecule has 0 spiro atoms. The standard InChI is InChI=1S/C19H29FN2O4S/c1-25-17-11-16(20)19(12-18(17)26-2)27(23,24)21-15-7-9-22(10-8-15)13-14-5-3-4-6-14/h11-12,14-15,21H,3-10,13H2,1-2H3. The average Bonchev–Trinajstić information content (AvgIpc) is 3.15. The molecular formula is C19H29FN2O4S. The molecule has 1 heterocycles. The van der Waals surface area contributed by atoms with E-state index in [1.54, 1.807) is 0 Å². The molecule has 1 aromatic rings. The van der Waals surface area contributed by atoms with Crippen molar-refractivity contribution >= 4 is 10.0 Å². The first-order chi connectivity index (χ1) is 12.9. The van der Waals surface area contributed by atoms with Crippen molar-refractivity contribution < 1.29 is 22.3 Å². The van der Waals surface area contributed by atoms with Gasteiger partial charge in [0, 0.05) is 24.7 Å². The molecule has 1 aromatic carbocycles. The summed E-state index contributed by atoms with van der Waals surface area (Å²) in [4.78, 5) is 2.02. The van der Waals surface area contributed by atoms with Gasteiger partial charge in [-0.2, -0.15) is 0 Å². The first-order valence-corrected chi connectivity index (χ1v) is 11.1. The van der Waals surface area contributed by atoms with Crippen molar-refractivity contribution in [2.24, 2.45) is 5.92 Å². The maximum absolute atomic E-state index is 14.3. The lowest BCUT2D eigenvalue weighted by molar-refractivity contribution is 0.180. The molecule has 1 aliphatic carbocycles. The fraction of sp³-hybridized carbons (Fsp3) is 0.684. The first kappa shape index (κ1) is 20.4. The highest BCUT2D eigenvalue weighted by atomic mass is 32.2. The van der Waals surface area contributed by atoms with Crippen LogP contribution < -0.4 is 14.2 Å². The van der Waals surface area contributed by atoms with Crippen molar-refractivity contribution in [3.63, 3.8) is 0 Å². The molecule has 3 rings (SSSR count). The number of piperidine rings is 1. The van der Waals surface area contributed by atoms with Crippen LogP contribution in [0.4, 0.5) is 4.39 Å². The van der Waals surface area contributed by atoms with Gasteiger partial charge in [0.05, 0.1) is 14.2 Å². The van der Waals surface area contributed by atoms with E-state index in [0.717, 1.165) is 44.5 Å². The van der Waals surface area contributed by atoms with Gasteiger partial charge in [0.15, 0.2) is 11.5 Å². The van der Waals surface area contributed by atoms with Crippen LogP contribution >= 0.6 is 0 Å². The van der Waals surface area contributed by atoms with E-state index in [1.165, 1.54) is 46.0 Å². The largest absolute Gasteiger partial charge is 0.493 e. The maximum atomic E-state index is 14.3. The third-order valence-electron chi connectivity index (χ3n) is 5.63. The fourth-order valence-corrected chi connectivity index (χ4v) is 5.50. The van der Waals surface area contributed by atoms with Crippen molar-refractivity contribution in [2.75, 3.05) is 33.9 Å². The van der Waals surface area contributed by atoms with Gasteiger partial charge in [0.2, 0.25) is 10.0 Å². The van der Waals surface area contributed by atoms with Crippen LogP contribution in [-0.2, 0) is 10.0 Å². The van der Waals surface area contributed by atoms with Gasteiger partial charge >= 0.3 is 0 Å². The Labute approximate surface area is 161 Å². The van der Waals surface area contributed by atoms with Gasteiger partial charge in [0.25, 0.3) is 0 Å². The van der Waals surface area contributed by atoms with Gasteiger partial charge in [-0.3, -0.25) is 0 Å². The van der Waals surface area contributed by atoms with Gasteiger partial charge in [-0.05, 0) is 44.7 Å². The second-order valence-corrected chi connectivity index (χ2v) is 9.17. The van der Waals surface area contributed by atoms with Crippen molar-refractivity contribution in [3.05, 3.63) is 17.9 Å². The summed E-state index contributed by atoms with van der Waals surface area (Å²) in [5, 5.41) is 0. The summed E-state index contributed by atoms with van der Waals surface area (Å²) in [6.45, 7) is 2.86. The van der Waals surface area contributed by atoms with Crippen LogP contribution in [0.5, 0.6) is 11.5 Å². The molecule has 1 N–H and O–H groups in total. The summed E-state index contributed by atoms with van der Waals surface area (Å²) in [5.74, 6) is 0.290. The predicted octanol–water partition coefficient (Wildman–Crippen LogP) is 2.78. The molecule has 0 aromatic heterocycles. The lowest BCUT2D eigenvalue weighted by Gasteiger charge is -2.33.